The second kappa shape index (κ2) is 10.7. The lowest BCUT2D eigenvalue weighted by Crippen LogP contribution is -2.15. The van der Waals surface area contributed by atoms with Gasteiger partial charge in [0.1, 0.15) is 11.5 Å². The van der Waals surface area contributed by atoms with E-state index in [1.807, 2.05) is 31.2 Å². The highest BCUT2D eigenvalue weighted by molar-refractivity contribution is 8.04. The fraction of sp³-hybridized carbons (Fsp3) is 0.476. The van der Waals surface area contributed by atoms with Gasteiger partial charge < -0.3 is 0 Å². The van der Waals surface area contributed by atoms with E-state index >= 15 is 0 Å². The average Bonchev–Trinajstić information content (AvgIpc) is 3.07. The molecule has 146 valence electrons. The fourth-order valence-electron chi connectivity index (χ4n) is 2.92. The van der Waals surface area contributed by atoms with E-state index in [2.05, 4.69) is 13.0 Å². The van der Waals surface area contributed by atoms with Gasteiger partial charge in [-0.25, -0.2) is 0 Å². The van der Waals surface area contributed by atoms with Crippen LogP contribution in [0.25, 0.3) is 5.57 Å². The van der Waals surface area contributed by atoms with Crippen molar-refractivity contribution in [2.24, 2.45) is 0 Å². The van der Waals surface area contributed by atoms with Crippen molar-refractivity contribution < 1.29 is 12.6 Å². The van der Waals surface area contributed by atoms with E-state index in [4.69, 9.17) is 4.18 Å². The third-order valence-corrected chi connectivity index (χ3v) is 6.90. The number of thioether (sulfide) groups is 1. The van der Waals surface area contributed by atoms with Crippen molar-refractivity contribution in [3.8, 4) is 6.07 Å². The average molecular weight is 406 g/mol. The van der Waals surface area contributed by atoms with E-state index in [1.54, 1.807) is 12.2 Å². The quantitative estimate of drug-likeness (QED) is 0.289. The standard InChI is InChI=1S/C21H27NO3S2/c1-3-4-5-6-7-10-15-27(23,24)25-21-14-13-20(26-21)19(16-22)18-12-9-8-11-17(18)2/h8-9,11-14,21H,3-7,10,15H2,1-2H3. The summed E-state index contributed by atoms with van der Waals surface area (Å²) < 4.78 is 29.7. The minimum atomic E-state index is -3.56. The van der Waals surface area contributed by atoms with Crippen molar-refractivity contribution in [2.75, 3.05) is 5.75 Å². The number of hydrogen-bond acceptors (Lipinski definition) is 5. The summed E-state index contributed by atoms with van der Waals surface area (Å²) in [5.74, 6) is 0.0476. The predicted molar refractivity (Wildman–Crippen MR) is 112 cm³/mol. The Balaban J connectivity index is 1.93. The van der Waals surface area contributed by atoms with Crippen LogP contribution in [0.15, 0.2) is 41.3 Å². The zero-order valence-corrected chi connectivity index (χ0v) is 17.6. The highest BCUT2D eigenvalue weighted by Crippen LogP contribution is 2.38. The van der Waals surface area contributed by atoms with Gasteiger partial charge in [-0.15, -0.1) is 0 Å². The van der Waals surface area contributed by atoms with Crippen molar-refractivity contribution in [1.29, 1.82) is 5.26 Å². The molecule has 0 spiro atoms. The molecular formula is C21H27NO3S2. The van der Waals surface area contributed by atoms with Gasteiger partial charge in [-0.1, -0.05) is 75.1 Å². The Bertz CT molecular complexity index is 835. The minimum Gasteiger partial charge on any atom is -0.251 e. The minimum absolute atomic E-state index is 0.0476. The smallest absolute Gasteiger partial charge is 0.251 e. The first kappa shape index (κ1) is 21.7. The molecular weight excluding hydrogens is 378 g/mol. The molecule has 0 radical (unpaired) electrons. The van der Waals surface area contributed by atoms with E-state index in [9.17, 15) is 13.7 Å². The van der Waals surface area contributed by atoms with Gasteiger partial charge in [0.2, 0.25) is 0 Å². The third kappa shape index (κ3) is 6.84. The summed E-state index contributed by atoms with van der Waals surface area (Å²) in [5, 5.41) is 9.57. The zero-order chi connectivity index (χ0) is 19.7. The first-order valence-corrected chi connectivity index (χ1v) is 11.9. The molecule has 0 saturated heterocycles. The number of unbranched alkanes of at least 4 members (excludes halogenated alkanes) is 5. The number of rotatable bonds is 10. The SMILES string of the molecule is CCCCCCCCS(=O)(=O)OC1C=CC(=C(C#N)c2ccccc2C)S1. The predicted octanol–water partition coefficient (Wildman–Crippen LogP) is 5.57. The molecule has 0 fully saturated rings. The Hall–Kier alpha value is -1.55. The van der Waals surface area contributed by atoms with Crippen molar-refractivity contribution in [3.05, 3.63) is 52.4 Å². The molecule has 0 bridgehead atoms. The van der Waals surface area contributed by atoms with Gasteiger partial charge in [-0.05, 0) is 36.6 Å². The molecule has 0 aliphatic carbocycles. The van der Waals surface area contributed by atoms with Crippen LogP contribution in [0.4, 0.5) is 0 Å². The molecule has 1 heterocycles. The number of nitriles is 1. The van der Waals surface area contributed by atoms with Gasteiger partial charge in [0.25, 0.3) is 10.1 Å². The first-order chi connectivity index (χ1) is 13.0. The molecule has 2 rings (SSSR count). The summed E-state index contributed by atoms with van der Waals surface area (Å²) in [7, 11) is -3.56. The van der Waals surface area contributed by atoms with Crippen LogP contribution in [-0.2, 0) is 14.3 Å². The highest BCUT2D eigenvalue weighted by atomic mass is 32.2. The third-order valence-electron chi connectivity index (χ3n) is 4.41. The molecule has 0 aromatic heterocycles. The van der Waals surface area contributed by atoms with E-state index in [0.29, 0.717) is 12.0 Å². The Morgan fingerprint density at radius 1 is 1.19 bits per heavy atom. The van der Waals surface area contributed by atoms with Gasteiger partial charge in [-0.2, -0.15) is 13.7 Å². The molecule has 1 aliphatic heterocycles. The van der Waals surface area contributed by atoms with Crippen LogP contribution in [0.2, 0.25) is 0 Å². The van der Waals surface area contributed by atoms with Gasteiger partial charge in [0, 0.05) is 4.91 Å². The normalized spacial score (nSPS) is 18.5. The number of benzene rings is 1. The maximum Gasteiger partial charge on any atom is 0.268 e. The van der Waals surface area contributed by atoms with Crippen LogP contribution in [0.3, 0.4) is 0 Å². The van der Waals surface area contributed by atoms with E-state index in [1.165, 1.54) is 24.6 Å². The summed E-state index contributed by atoms with van der Waals surface area (Å²) in [4.78, 5) is 0.742. The largest absolute Gasteiger partial charge is 0.268 e. The van der Waals surface area contributed by atoms with Crippen LogP contribution >= 0.6 is 11.8 Å². The van der Waals surface area contributed by atoms with Crippen LogP contribution in [0, 0.1) is 18.3 Å². The van der Waals surface area contributed by atoms with Gasteiger partial charge >= 0.3 is 0 Å². The van der Waals surface area contributed by atoms with Crippen LogP contribution < -0.4 is 0 Å². The Morgan fingerprint density at radius 2 is 1.89 bits per heavy atom. The van der Waals surface area contributed by atoms with Gasteiger partial charge in [-0.3, -0.25) is 4.18 Å². The van der Waals surface area contributed by atoms with Crippen molar-refractivity contribution in [3.63, 3.8) is 0 Å². The van der Waals surface area contributed by atoms with Gasteiger partial charge in [0.15, 0.2) is 0 Å². The lowest BCUT2D eigenvalue weighted by molar-refractivity contribution is 0.332. The van der Waals surface area contributed by atoms with Crippen molar-refractivity contribution in [2.45, 2.75) is 57.8 Å². The molecule has 6 heteroatoms. The molecule has 27 heavy (non-hydrogen) atoms. The molecule has 1 atom stereocenters. The number of allylic oxidation sites excluding steroid dienone is 2. The molecule has 1 aromatic rings. The van der Waals surface area contributed by atoms with Crippen LogP contribution in [0.5, 0.6) is 0 Å². The van der Waals surface area contributed by atoms with Crippen LogP contribution in [0.1, 0.15) is 56.6 Å². The monoisotopic (exact) mass is 405 g/mol. The summed E-state index contributed by atoms with van der Waals surface area (Å²) >= 11 is 1.27. The zero-order valence-electron chi connectivity index (χ0n) is 16.0. The number of nitrogens with zero attached hydrogens (tertiary/aromatic N) is 1. The second-order valence-corrected chi connectivity index (χ2v) is 9.49. The summed E-state index contributed by atoms with van der Waals surface area (Å²) in [5.41, 5.74) is 1.82. The summed E-state index contributed by atoms with van der Waals surface area (Å²) in [6, 6.07) is 9.92. The Morgan fingerprint density at radius 3 is 2.59 bits per heavy atom. The van der Waals surface area contributed by atoms with E-state index in [0.717, 1.165) is 35.3 Å². The molecule has 1 unspecified atom stereocenters. The van der Waals surface area contributed by atoms with Crippen molar-refractivity contribution >= 4 is 27.5 Å². The van der Waals surface area contributed by atoms with E-state index in [-0.39, 0.29) is 5.75 Å². The summed E-state index contributed by atoms with van der Waals surface area (Å²) in [6.45, 7) is 4.11. The molecule has 1 aromatic carbocycles. The highest BCUT2D eigenvalue weighted by Gasteiger charge is 2.24. The molecule has 0 saturated carbocycles. The number of hydrogen-bond donors (Lipinski definition) is 0. The molecule has 0 N–H and O–H groups in total. The Kier molecular flexibility index (Phi) is 8.62. The summed E-state index contributed by atoms with van der Waals surface area (Å²) in [6.07, 6.45) is 9.61. The van der Waals surface area contributed by atoms with Crippen molar-refractivity contribution in [1.82, 2.24) is 0 Å². The first-order valence-electron chi connectivity index (χ1n) is 9.43. The van der Waals surface area contributed by atoms with Crippen LogP contribution in [-0.4, -0.2) is 19.6 Å². The maximum absolute atomic E-state index is 12.2. The second-order valence-electron chi connectivity index (χ2n) is 6.64. The lowest BCUT2D eigenvalue weighted by Gasteiger charge is -2.11. The lowest BCUT2D eigenvalue weighted by atomic mass is 10.0. The molecule has 1 aliphatic rings. The van der Waals surface area contributed by atoms with E-state index < -0.39 is 15.6 Å². The fourth-order valence-corrected chi connectivity index (χ4v) is 5.28. The molecule has 4 nitrogen and oxygen atoms in total. The number of aryl methyl sites for hydroxylation is 1. The van der Waals surface area contributed by atoms with Gasteiger partial charge in [0.05, 0.1) is 11.3 Å². The molecule has 0 amide bonds. The maximum atomic E-state index is 12.2. The topological polar surface area (TPSA) is 67.2 Å². The Labute approximate surface area is 167 Å².